The molecule has 4 unspecified atom stereocenters. The Balaban J connectivity index is 2.04. The van der Waals surface area contributed by atoms with Gasteiger partial charge in [0.25, 0.3) is 10.1 Å². The lowest BCUT2D eigenvalue weighted by Gasteiger charge is -2.37. The molecule has 0 bridgehead atoms. The van der Waals surface area contributed by atoms with Gasteiger partial charge in [0.05, 0.1) is 11.5 Å². The van der Waals surface area contributed by atoms with Gasteiger partial charge in [-0.25, -0.2) is 0 Å². The summed E-state index contributed by atoms with van der Waals surface area (Å²) in [6, 6.07) is 5.95. The van der Waals surface area contributed by atoms with E-state index in [0.29, 0.717) is 0 Å². The maximum atomic E-state index is 12.0. The van der Waals surface area contributed by atoms with E-state index in [1.54, 1.807) is 19.1 Å². The molecule has 0 aliphatic carbocycles. The third-order valence-electron chi connectivity index (χ3n) is 3.38. The van der Waals surface area contributed by atoms with Crippen LogP contribution in [-0.2, 0) is 19.0 Å². The SMILES string of the molecule is Cc1ccc(S(=O)(=O)OCC2OC(O)C(O)C(O)[C@H]2O)cc1. The van der Waals surface area contributed by atoms with Crippen molar-refractivity contribution in [3.63, 3.8) is 0 Å². The third-order valence-corrected chi connectivity index (χ3v) is 4.68. The van der Waals surface area contributed by atoms with Gasteiger partial charge >= 0.3 is 0 Å². The van der Waals surface area contributed by atoms with Crippen molar-refractivity contribution in [3.05, 3.63) is 29.8 Å². The Morgan fingerprint density at radius 3 is 2.23 bits per heavy atom. The van der Waals surface area contributed by atoms with Crippen LogP contribution in [0.4, 0.5) is 0 Å². The van der Waals surface area contributed by atoms with Crippen molar-refractivity contribution in [3.8, 4) is 0 Å². The molecule has 0 amide bonds. The van der Waals surface area contributed by atoms with Gasteiger partial charge in [-0.3, -0.25) is 4.18 Å². The van der Waals surface area contributed by atoms with E-state index in [0.717, 1.165) is 5.56 Å². The standard InChI is InChI=1S/C13H18O8S/c1-7-2-4-8(5-3-7)22(18,19)20-6-9-10(14)11(15)12(16)13(17)21-9/h2-5,9-17H,6H2,1H3/t9?,10-,11?,12?,13?/m0/s1. The molecule has 9 heteroatoms. The van der Waals surface area contributed by atoms with Gasteiger partial charge in [0, 0.05) is 0 Å². The molecule has 5 atom stereocenters. The minimum Gasteiger partial charge on any atom is -0.387 e. The summed E-state index contributed by atoms with van der Waals surface area (Å²) in [5.74, 6) is 0. The summed E-state index contributed by atoms with van der Waals surface area (Å²) in [5, 5.41) is 37.9. The van der Waals surface area contributed by atoms with Gasteiger partial charge < -0.3 is 25.2 Å². The highest BCUT2D eigenvalue weighted by molar-refractivity contribution is 7.86. The van der Waals surface area contributed by atoms with Crippen LogP contribution < -0.4 is 0 Å². The quantitative estimate of drug-likeness (QED) is 0.489. The number of hydrogen-bond acceptors (Lipinski definition) is 8. The molecule has 2 rings (SSSR count). The number of ether oxygens (including phenoxy) is 1. The molecular weight excluding hydrogens is 316 g/mol. The molecule has 8 nitrogen and oxygen atoms in total. The van der Waals surface area contributed by atoms with Gasteiger partial charge in [-0.05, 0) is 19.1 Å². The Morgan fingerprint density at radius 1 is 1.05 bits per heavy atom. The lowest BCUT2D eigenvalue weighted by atomic mass is 10.00. The fourth-order valence-corrected chi connectivity index (χ4v) is 2.92. The number of hydrogen-bond donors (Lipinski definition) is 4. The smallest absolute Gasteiger partial charge is 0.297 e. The molecule has 124 valence electrons. The first-order valence-electron chi connectivity index (χ1n) is 6.56. The lowest BCUT2D eigenvalue weighted by molar-refractivity contribution is -0.285. The van der Waals surface area contributed by atoms with Gasteiger partial charge in [-0.15, -0.1) is 0 Å². The molecule has 1 heterocycles. The van der Waals surface area contributed by atoms with E-state index in [4.69, 9.17) is 8.92 Å². The average Bonchev–Trinajstić information content (AvgIpc) is 2.48. The van der Waals surface area contributed by atoms with Crippen LogP contribution in [0, 0.1) is 6.92 Å². The first kappa shape index (κ1) is 17.3. The maximum Gasteiger partial charge on any atom is 0.297 e. The van der Waals surface area contributed by atoms with E-state index in [9.17, 15) is 28.8 Å². The Morgan fingerprint density at radius 2 is 1.64 bits per heavy atom. The molecule has 1 fully saturated rings. The van der Waals surface area contributed by atoms with Crippen LogP contribution in [0.2, 0.25) is 0 Å². The highest BCUT2D eigenvalue weighted by Crippen LogP contribution is 2.21. The number of aliphatic hydroxyl groups is 4. The van der Waals surface area contributed by atoms with Crippen LogP contribution in [0.15, 0.2) is 29.2 Å². The Hall–Kier alpha value is -1.07. The molecule has 1 aliphatic rings. The van der Waals surface area contributed by atoms with Crippen molar-refractivity contribution in [2.75, 3.05) is 6.61 Å². The minimum atomic E-state index is -4.07. The second-order valence-electron chi connectivity index (χ2n) is 5.09. The summed E-state index contributed by atoms with van der Waals surface area (Å²) in [6.07, 6.45) is -7.98. The van der Waals surface area contributed by atoms with Gasteiger partial charge in [0.1, 0.15) is 24.4 Å². The molecule has 0 aromatic heterocycles. The number of aryl methyl sites for hydroxylation is 1. The van der Waals surface area contributed by atoms with Crippen LogP contribution in [0.1, 0.15) is 5.56 Å². The third kappa shape index (κ3) is 3.63. The fourth-order valence-electron chi connectivity index (χ4n) is 2.00. The monoisotopic (exact) mass is 334 g/mol. The molecule has 1 aromatic carbocycles. The second-order valence-corrected chi connectivity index (χ2v) is 6.70. The van der Waals surface area contributed by atoms with Crippen LogP contribution in [0.25, 0.3) is 0 Å². The van der Waals surface area contributed by atoms with Crippen LogP contribution >= 0.6 is 0 Å². The molecule has 0 saturated carbocycles. The van der Waals surface area contributed by atoms with Crippen LogP contribution in [0.5, 0.6) is 0 Å². The highest BCUT2D eigenvalue weighted by Gasteiger charge is 2.43. The number of rotatable bonds is 4. The molecule has 0 radical (unpaired) electrons. The van der Waals surface area contributed by atoms with Crippen molar-refractivity contribution in [2.45, 2.75) is 42.5 Å². The summed E-state index contributed by atoms with van der Waals surface area (Å²) in [6.45, 7) is 1.19. The van der Waals surface area contributed by atoms with Crippen LogP contribution in [-0.4, -0.2) is 66.2 Å². The molecule has 0 spiro atoms. The average molecular weight is 334 g/mol. The van der Waals surface area contributed by atoms with Gasteiger partial charge in [-0.1, -0.05) is 17.7 Å². The van der Waals surface area contributed by atoms with E-state index in [-0.39, 0.29) is 4.90 Å². The second kappa shape index (κ2) is 6.59. The minimum absolute atomic E-state index is 0.0652. The van der Waals surface area contributed by atoms with Crippen molar-refractivity contribution in [1.29, 1.82) is 0 Å². The Bertz CT molecular complexity index is 599. The zero-order chi connectivity index (χ0) is 16.5. The molecule has 22 heavy (non-hydrogen) atoms. The van der Waals surface area contributed by atoms with E-state index < -0.39 is 47.4 Å². The van der Waals surface area contributed by atoms with Crippen molar-refractivity contribution in [1.82, 2.24) is 0 Å². The van der Waals surface area contributed by atoms with Gasteiger partial charge in [-0.2, -0.15) is 8.42 Å². The van der Waals surface area contributed by atoms with E-state index in [2.05, 4.69) is 0 Å². The summed E-state index contributed by atoms with van der Waals surface area (Å²) < 4.78 is 33.6. The zero-order valence-corrected chi connectivity index (χ0v) is 12.5. The molecule has 4 N–H and O–H groups in total. The first-order chi connectivity index (χ1) is 10.2. The summed E-state index contributed by atoms with van der Waals surface area (Å²) in [4.78, 5) is -0.0652. The predicted molar refractivity (Wildman–Crippen MR) is 73.2 cm³/mol. The topological polar surface area (TPSA) is 134 Å². The maximum absolute atomic E-state index is 12.0. The van der Waals surface area contributed by atoms with Crippen LogP contribution in [0.3, 0.4) is 0 Å². The number of benzene rings is 1. The number of aliphatic hydroxyl groups excluding tert-OH is 4. The summed E-state index contributed by atoms with van der Waals surface area (Å²) in [5.41, 5.74) is 0.880. The van der Waals surface area contributed by atoms with Gasteiger partial charge in [0.2, 0.25) is 0 Å². The van der Waals surface area contributed by atoms with E-state index >= 15 is 0 Å². The Kier molecular flexibility index (Phi) is 5.17. The zero-order valence-electron chi connectivity index (χ0n) is 11.7. The lowest BCUT2D eigenvalue weighted by Crippen LogP contribution is -2.58. The summed E-state index contributed by atoms with van der Waals surface area (Å²) in [7, 11) is -4.07. The normalized spacial score (nSPS) is 32.9. The van der Waals surface area contributed by atoms with Crippen molar-refractivity contribution >= 4 is 10.1 Å². The largest absolute Gasteiger partial charge is 0.387 e. The molecule has 1 aliphatic heterocycles. The van der Waals surface area contributed by atoms with Crippen molar-refractivity contribution in [2.24, 2.45) is 0 Å². The summed E-state index contributed by atoms with van der Waals surface area (Å²) >= 11 is 0. The predicted octanol–water partition coefficient (Wildman–Crippen LogP) is -1.50. The van der Waals surface area contributed by atoms with E-state index in [1.807, 2.05) is 0 Å². The Labute approximate surface area is 127 Å². The fraction of sp³-hybridized carbons (Fsp3) is 0.538. The molecular formula is C13H18O8S. The molecule has 1 aromatic rings. The van der Waals surface area contributed by atoms with E-state index in [1.165, 1.54) is 12.1 Å². The molecule has 1 saturated heterocycles. The van der Waals surface area contributed by atoms with Crippen molar-refractivity contribution < 1.29 is 37.8 Å². The van der Waals surface area contributed by atoms with Gasteiger partial charge in [0.15, 0.2) is 6.29 Å². The highest BCUT2D eigenvalue weighted by atomic mass is 32.2. The first-order valence-corrected chi connectivity index (χ1v) is 7.97.